The number of aromatic nitrogens is 3. The maximum absolute atomic E-state index is 11.5. The molecule has 0 fully saturated rings. The van der Waals surface area contributed by atoms with Crippen LogP contribution in [0.2, 0.25) is 0 Å². The first-order valence-electron chi connectivity index (χ1n) is 6.54. The number of nitrogens with one attached hydrogen (secondary N) is 1. The van der Waals surface area contributed by atoms with Crippen LogP contribution in [-0.4, -0.2) is 33.9 Å². The Morgan fingerprint density at radius 2 is 2.25 bits per heavy atom. The Hall–Kier alpha value is -2.37. The SMILES string of the molecule is CCOC(=O)c1ccc(NCCc2ccn(C)n2)nc1. The van der Waals surface area contributed by atoms with E-state index in [1.54, 1.807) is 23.7 Å². The molecule has 2 rings (SSSR count). The molecule has 2 aromatic rings. The zero-order valence-electron chi connectivity index (χ0n) is 11.7. The molecular weight excluding hydrogens is 256 g/mol. The Labute approximate surface area is 117 Å². The third-order valence-corrected chi connectivity index (χ3v) is 2.73. The van der Waals surface area contributed by atoms with Crippen LogP contribution < -0.4 is 5.32 Å². The molecule has 1 N–H and O–H groups in total. The van der Waals surface area contributed by atoms with Crippen LogP contribution in [0.5, 0.6) is 0 Å². The van der Waals surface area contributed by atoms with Gasteiger partial charge in [-0.05, 0) is 25.1 Å². The van der Waals surface area contributed by atoms with E-state index in [0.717, 1.165) is 24.5 Å². The summed E-state index contributed by atoms with van der Waals surface area (Å²) < 4.78 is 6.68. The van der Waals surface area contributed by atoms with Gasteiger partial charge in [0.05, 0.1) is 17.9 Å². The second-order valence-corrected chi connectivity index (χ2v) is 4.31. The molecule has 0 saturated carbocycles. The van der Waals surface area contributed by atoms with E-state index in [0.29, 0.717) is 12.2 Å². The fraction of sp³-hybridized carbons (Fsp3) is 0.357. The number of rotatable bonds is 6. The maximum atomic E-state index is 11.5. The minimum Gasteiger partial charge on any atom is -0.462 e. The maximum Gasteiger partial charge on any atom is 0.339 e. The number of carbonyl (C=O) groups is 1. The quantitative estimate of drug-likeness (QED) is 0.811. The van der Waals surface area contributed by atoms with Gasteiger partial charge < -0.3 is 10.1 Å². The van der Waals surface area contributed by atoms with Gasteiger partial charge in [-0.25, -0.2) is 9.78 Å². The van der Waals surface area contributed by atoms with Crippen molar-refractivity contribution < 1.29 is 9.53 Å². The standard InChI is InChI=1S/C14H18N4O2/c1-3-20-14(19)11-4-5-13(16-10-11)15-8-6-12-7-9-18(2)17-12/h4-5,7,9-10H,3,6,8H2,1-2H3,(H,15,16). The fourth-order valence-electron chi connectivity index (χ4n) is 1.75. The van der Waals surface area contributed by atoms with Gasteiger partial charge in [0.15, 0.2) is 0 Å². The number of anilines is 1. The molecule has 0 spiro atoms. The van der Waals surface area contributed by atoms with Crippen LogP contribution in [0, 0.1) is 0 Å². The van der Waals surface area contributed by atoms with Gasteiger partial charge in [0.25, 0.3) is 0 Å². The van der Waals surface area contributed by atoms with Crippen molar-refractivity contribution in [1.29, 1.82) is 0 Å². The summed E-state index contributed by atoms with van der Waals surface area (Å²) in [5.41, 5.74) is 1.49. The van der Waals surface area contributed by atoms with E-state index in [1.807, 2.05) is 19.3 Å². The normalized spacial score (nSPS) is 10.3. The Bertz CT molecular complexity index is 563. The van der Waals surface area contributed by atoms with Crippen LogP contribution in [0.1, 0.15) is 23.0 Å². The van der Waals surface area contributed by atoms with E-state index in [4.69, 9.17) is 4.74 Å². The summed E-state index contributed by atoms with van der Waals surface area (Å²) in [6.07, 6.45) is 4.25. The van der Waals surface area contributed by atoms with Gasteiger partial charge in [0.2, 0.25) is 0 Å². The first kappa shape index (κ1) is 14.0. The van der Waals surface area contributed by atoms with E-state index in [2.05, 4.69) is 15.4 Å². The molecule has 0 amide bonds. The third kappa shape index (κ3) is 3.81. The van der Waals surface area contributed by atoms with Gasteiger partial charge in [-0.2, -0.15) is 5.10 Å². The number of aryl methyl sites for hydroxylation is 1. The average molecular weight is 274 g/mol. The summed E-state index contributed by atoms with van der Waals surface area (Å²) in [5, 5.41) is 7.48. The lowest BCUT2D eigenvalue weighted by molar-refractivity contribution is 0.0526. The summed E-state index contributed by atoms with van der Waals surface area (Å²) in [4.78, 5) is 15.6. The lowest BCUT2D eigenvalue weighted by atomic mass is 10.3. The molecule has 0 aliphatic rings. The van der Waals surface area contributed by atoms with E-state index in [1.165, 1.54) is 6.20 Å². The molecule has 20 heavy (non-hydrogen) atoms. The van der Waals surface area contributed by atoms with Gasteiger partial charge in [0, 0.05) is 32.4 Å². The molecule has 0 radical (unpaired) electrons. The Kier molecular flexibility index (Phi) is 4.70. The highest BCUT2D eigenvalue weighted by Crippen LogP contribution is 2.06. The second-order valence-electron chi connectivity index (χ2n) is 4.31. The minimum absolute atomic E-state index is 0.347. The van der Waals surface area contributed by atoms with Gasteiger partial charge >= 0.3 is 5.97 Å². The minimum atomic E-state index is -0.347. The van der Waals surface area contributed by atoms with E-state index >= 15 is 0 Å². The number of hydrogen-bond donors (Lipinski definition) is 1. The van der Waals surface area contributed by atoms with Crippen molar-refractivity contribution >= 4 is 11.8 Å². The van der Waals surface area contributed by atoms with E-state index in [-0.39, 0.29) is 5.97 Å². The highest BCUT2D eigenvalue weighted by atomic mass is 16.5. The second kappa shape index (κ2) is 6.70. The lowest BCUT2D eigenvalue weighted by Gasteiger charge is -2.05. The molecule has 0 saturated heterocycles. The average Bonchev–Trinajstić information content (AvgIpc) is 2.85. The zero-order valence-corrected chi connectivity index (χ0v) is 11.7. The molecule has 2 heterocycles. The van der Waals surface area contributed by atoms with Gasteiger partial charge in [0.1, 0.15) is 5.82 Å². The number of ether oxygens (including phenoxy) is 1. The number of carbonyl (C=O) groups excluding carboxylic acids is 1. The molecule has 0 aromatic carbocycles. The third-order valence-electron chi connectivity index (χ3n) is 2.73. The van der Waals surface area contributed by atoms with E-state index in [9.17, 15) is 4.79 Å². The summed E-state index contributed by atoms with van der Waals surface area (Å²) in [5.74, 6) is 0.383. The van der Waals surface area contributed by atoms with Gasteiger partial charge in [-0.15, -0.1) is 0 Å². The van der Waals surface area contributed by atoms with E-state index < -0.39 is 0 Å². The van der Waals surface area contributed by atoms with Crippen LogP contribution in [-0.2, 0) is 18.2 Å². The van der Waals surface area contributed by atoms with Gasteiger partial charge in [-0.1, -0.05) is 0 Å². The fourth-order valence-corrected chi connectivity index (χ4v) is 1.75. The number of esters is 1. The summed E-state index contributed by atoms with van der Waals surface area (Å²) in [6, 6.07) is 5.46. The Balaban J connectivity index is 1.83. The molecule has 106 valence electrons. The van der Waals surface area contributed by atoms with Crippen LogP contribution >= 0.6 is 0 Å². The zero-order chi connectivity index (χ0) is 14.4. The molecule has 0 aliphatic carbocycles. The number of hydrogen-bond acceptors (Lipinski definition) is 5. The molecule has 6 heteroatoms. The van der Waals surface area contributed by atoms with Crippen molar-refractivity contribution in [2.24, 2.45) is 7.05 Å². The molecule has 0 unspecified atom stereocenters. The lowest BCUT2D eigenvalue weighted by Crippen LogP contribution is -2.09. The van der Waals surface area contributed by atoms with Crippen molar-refractivity contribution in [2.75, 3.05) is 18.5 Å². The predicted octanol–water partition coefficient (Wildman–Crippen LogP) is 1.65. The molecule has 0 atom stereocenters. The predicted molar refractivity (Wildman–Crippen MR) is 75.6 cm³/mol. The van der Waals surface area contributed by atoms with Crippen molar-refractivity contribution in [1.82, 2.24) is 14.8 Å². The topological polar surface area (TPSA) is 69.0 Å². The monoisotopic (exact) mass is 274 g/mol. The Morgan fingerprint density at radius 1 is 1.40 bits per heavy atom. The molecule has 0 bridgehead atoms. The van der Waals surface area contributed by atoms with Crippen LogP contribution in [0.15, 0.2) is 30.6 Å². The number of pyridine rings is 1. The molecule has 6 nitrogen and oxygen atoms in total. The van der Waals surface area contributed by atoms with Crippen molar-refractivity contribution in [2.45, 2.75) is 13.3 Å². The van der Waals surface area contributed by atoms with Crippen molar-refractivity contribution in [3.63, 3.8) is 0 Å². The summed E-state index contributed by atoms with van der Waals surface area (Å²) >= 11 is 0. The summed E-state index contributed by atoms with van der Waals surface area (Å²) in [7, 11) is 1.90. The molecular formula is C14H18N4O2. The first-order chi connectivity index (χ1) is 9.69. The largest absolute Gasteiger partial charge is 0.462 e. The van der Waals surface area contributed by atoms with Crippen LogP contribution in [0.25, 0.3) is 0 Å². The van der Waals surface area contributed by atoms with Gasteiger partial charge in [-0.3, -0.25) is 4.68 Å². The molecule has 2 aromatic heterocycles. The molecule has 0 aliphatic heterocycles. The van der Waals surface area contributed by atoms with Crippen LogP contribution in [0.4, 0.5) is 5.82 Å². The van der Waals surface area contributed by atoms with Crippen molar-refractivity contribution in [3.8, 4) is 0 Å². The first-order valence-corrected chi connectivity index (χ1v) is 6.54. The highest BCUT2D eigenvalue weighted by molar-refractivity contribution is 5.89. The van der Waals surface area contributed by atoms with Crippen LogP contribution in [0.3, 0.4) is 0 Å². The van der Waals surface area contributed by atoms with Crippen molar-refractivity contribution in [3.05, 3.63) is 41.9 Å². The summed E-state index contributed by atoms with van der Waals surface area (Å²) in [6.45, 7) is 2.88. The number of nitrogens with zero attached hydrogens (tertiary/aromatic N) is 3. The highest BCUT2D eigenvalue weighted by Gasteiger charge is 2.06. The smallest absolute Gasteiger partial charge is 0.339 e. The Morgan fingerprint density at radius 3 is 2.85 bits per heavy atom.